The van der Waals surface area contributed by atoms with Crippen molar-refractivity contribution in [2.45, 2.75) is 6.10 Å². The second-order valence-corrected chi connectivity index (χ2v) is 4.29. The van der Waals surface area contributed by atoms with Crippen LogP contribution in [0.15, 0.2) is 59.8 Å². The molecule has 0 saturated heterocycles. The van der Waals surface area contributed by atoms with Crippen molar-refractivity contribution in [2.75, 3.05) is 0 Å². The number of aliphatic hydroxyl groups is 1. The van der Waals surface area contributed by atoms with Crippen LogP contribution in [-0.2, 0) is 4.79 Å². The van der Waals surface area contributed by atoms with E-state index in [4.69, 9.17) is 0 Å². The van der Waals surface area contributed by atoms with Crippen LogP contribution < -0.4 is 0 Å². The van der Waals surface area contributed by atoms with Crippen molar-refractivity contribution in [3.63, 3.8) is 0 Å². The molecule has 1 N–H and O–H groups in total. The lowest BCUT2D eigenvalue weighted by Gasteiger charge is -2.33. The molecule has 16 heavy (non-hydrogen) atoms. The fraction of sp³-hybridized carbons (Fsp3) is 0.214. The summed E-state index contributed by atoms with van der Waals surface area (Å²) in [5.41, 5.74) is 2.04. The monoisotopic (exact) mass is 212 g/mol. The molecule has 3 aliphatic rings. The Morgan fingerprint density at radius 3 is 2.88 bits per heavy atom. The maximum absolute atomic E-state index is 11.9. The van der Waals surface area contributed by atoms with Crippen molar-refractivity contribution in [3.8, 4) is 0 Å². The van der Waals surface area contributed by atoms with E-state index in [0.717, 1.165) is 11.1 Å². The Morgan fingerprint density at radius 1 is 1.12 bits per heavy atom. The summed E-state index contributed by atoms with van der Waals surface area (Å²) in [7, 11) is 0. The van der Waals surface area contributed by atoms with Gasteiger partial charge in [0.05, 0.1) is 12.0 Å². The number of hydrogen-bond acceptors (Lipinski definition) is 2. The van der Waals surface area contributed by atoms with Gasteiger partial charge in [-0.15, -0.1) is 0 Å². The Labute approximate surface area is 94.0 Å². The van der Waals surface area contributed by atoms with Crippen molar-refractivity contribution < 1.29 is 9.90 Å². The van der Waals surface area contributed by atoms with E-state index in [1.54, 1.807) is 12.2 Å². The van der Waals surface area contributed by atoms with Crippen LogP contribution in [0.4, 0.5) is 0 Å². The maximum atomic E-state index is 11.9. The predicted molar refractivity (Wildman–Crippen MR) is 61.6 cm³/mol. The normalized spacial score (nSPS) is 35.3. The van der Waals surface area contributed by atoms with E-state index in [9.17, 15) is 9.90 Å². The SMILES string of the molecule is O=C1C=C2C=CC=CC2C2=CC=CC(O)C12. The molecule has 0 aromatic heterocycles. The van der Waals surface area contributed by atoms with E-state index in [2.05, 4.69) is 6.08 Å². The van der Waals surface area contributed by atoms with E-state index in [-0.39, 0.29) is 17.6 Å². The minimum Gasteiger partial charge on any atom is -0.388 e. The Morgan fingerprint density at radius 2 is 2.00 bits per heavy atom. The summed E-state index contributed by atoms with van der Waals surface area (Å²) in [6.07, 6.45) is 14.4. The van der Waals surface area contributed by atoms with Gasteiger partial charge >= 0.3 is 0 Å². The van der Waals surface area contributed by atoms with Gasteiger partial charge in [-0.25, -0.2) is 0 Å². The fourth-order valence-electron chi connectivity index (χ4n) is 2.57. The van der Waals surface area contributed by atoms with Crippen LogP contribution in [0.25, 0.3) is 0 Å². The van der Waals surface area contributed by atoms with Crippen LogP contribution in [0.5, 0.6) is 0 Å². The molecule has 2 heteroatoms. The van der Waals surface area contributed by atoms with Crippen molar-refractivity contribution in [3.05, 3.63) is 59.8 Å². The molecule has 2 nitrogen and oxygen atoms in total. The third-order valence-corrected chi connectivity index (χ3v) is 3.33. The van der Waals surface area contributed by atoms with Gasteiger partial charge in [-0.05, 0) is 17.2 Å². The highest BCUT2D eigenvalue weighted by atomic mass is 16.3. The molecule has 0 radical (unpaired) electrons. The molecule has 3 rings (SSSR count). The number of aliphatic hydroxyl groups excluding tert-OH is 1. The number of rotatable bonds is 0. The lowest BCUT2D eigenvalue weighted by molar-refractivity contribution is -0.119. The van der Waals surface area contributed by atoms with Crippen molar-refractivity contribution >= 4 is 5.78 Å². The molecule has 3 aliphatic carbocycles. The first-order chi connectivity index (χ1) is 7.77. The van der Waals surface area contributed by atoms with Crippen LogP contribution in [0.1, 0.15) is 0 Å². The van der Waals surface area contributed by atoms with E-state index in [1.807, 2.05) is 30.4 Å². The first-order valence-corrected chi connectivity index (χ1v) is 5.44. The minimum absolute atomic E-state index is 0.00861. The number of allylic oxidation sites excluding steroid dienone is 8. The average Bonchev–Trinajstić information content (AvgIpc) is 2.29. The molecule has 0 heterocycles. The zero-order valence-electron chi connectivity index (χ0n) is 8.71. The average molecular weight is 212 g/mol. The zero-order chi connectivity index (χ0) is 11.1. The molecule has 3 unspecified atom stereocenters. The fourth-order valence-corrected chi connectivity index (χ4v) is 2.57. The van der Waals surface area contributed by atoms with Gasteiger partial charge in [-0.1, -0.05) is 42.5 Å². The summed E-state index contributed by atoms with van der Waals surface area (Å²) in [5, 5.41) is 9.85. The molecule has 0 aromatic carbocycles. The van der Waals surface area contributed by atoms with E-state index < -0.39 is 6.10 Å². The number of carbonyl (C=O) groups is 1. The highest BCUT2D eigenvalue weighted by Gasteiger charge is 2.37. The summed E-state index contributed by atoms with van der Waals surface area (Å²) >= 11 is 0. The number of ketones is 1. The van der Waals surface area contributed by atoms with Gasteiger partial charge in [0.25, 0.3) is 0 Å². The Bertz CT molecular complexity index is 489. The lowest BCUT2D eigenvalue weighted by Crippen LogP contribution is -2.35. The summed E-state index contributed by atoms with van der Waals surface area (Å²) in [4.78, 5) is 11.9. The highest BCUT2D eigenvalue weighted by molar-refractivity contribution is 5.98. The van der Waals surface area contributed by atoms with Gasteiger partial charge in [-0.2, -0.15) is 0 Å². The van der Waals surface area contributed by atoms with Crippen LogP contribution >= 0.6 is 0 Å². The largest absolute Gasteiger partial charge is 0.388 e. The van der Waals surface area contributed by atoms with Gasteiger partial charge in [0.15, 0.2) is 5.78 Å². The molecule has 0 saturated carbocycles. The molecular formula is C14H12O2. The van der Waals surface area contributed by atoms with Crippen LogP contribution in [-0.4, -0.2) is 17.0 Å². The minimum atomic E-state index is -0.676. The number of hydrogen-bond donors (Lipinski definition) is 1. The molecule has 3 atom stereocenters. The maximum Gasteiger partial charge on any atom is 0.166 e. The number of carbonyl (C=O) groups excluding carboxylic acids is 1. The quantitative estimate of drug-likeness (QED) is 0.663. The third-order valence-electron chi connectivity index (χ3n) is 3.33. The first kappa shape index (κ1) is 9.55. The summed E-state index contributed by atoms with van der Waals surface area (Å²) < 4.78 is 0. The van der Waals surface area contributed by atoms with Crippen molar-refractivity contribution in [1.82, 2.24) is 0 Å². The second-order valence-electron chi connectivity index (χ2n) is 4.29. The number of fused-ring (bicyclic) bond motifs is 3. The Balaban J connectivity index is 2.13. The Hall–Kier alpha value is -1.67. The Kier molecular flexibility index (Phi) is 2.04. The van der Waals surface area contributed by atoms with Crippen LogP contribution in [0.3, 0.4) is 0 Å². The summed E-state index contributed by atoms with van der Waals surface area (Å²) in [5.74, 6) is -0.212. The summed E-state index contributed by atoms with van der Waals surface area (Å²) in [6.45, 7) is 0. The molecule has 0 bridgehead atoms. The van der Waals surface area contributed by atoms with Crippen molar-refractivity contribution in [2.24, 2.45) is 11.8 Å². The van der Waals surface area contributed by atoms with Crippen LogP contribution in [0.2, 0.25) is 0 Å². The molecule has 0 aromatic rings. The molecule has 0 fully saturated rings. The second kappa shape index (κ2) is 3.42. The standard InChI is InChI=1S/C14H12O2/c15-12-7-3-6-11-10-5-2-1-4-9(10)8-13(16)14(11)12/h1-8,10,12,14-15H. The van der Waals surface area contributed by atoms with Gasteiger partial charge < -0.3 is 5.11 Å². The molecule has 0 amide bonds. The molecule has 80 valence electrons. The van der Waals surface area contributed by atoms with E-state index in [1.165, 1.54) is 0 Å². The van der Waals surface area contributed by atoms with E-state index in [0.29, 0.717) is 0 Å². The third kappa shape index (κ3) is 1.27. The first-order valence-electron chi connectivity index (χ1n) is 5.44. The summed E-state index contributed by atoms with van der Waals surface area (Å²) in [6, 6.07) is 0. The smallest absolute Gasteiger partial charge is 0.166 e. The molecular weight excluding hydrogens is 200 g/mol. The van der Waals surface area contributed by atoms with Gasteiger partial charge in [0.2, 0.25) is 0 Å². The highest BCUT2D eigenvalue weighted by Crippen LogP contribution is 2.39. The van der Waals surface area contributed by atoms with Gasteiger partial charge in [0.1, 0.15) is 0 Å². The molecule has 0 spiro atoms. The zero-order valence-corrected chi connectivity index (χ0v) is 8.71. The lowest BCUT2D eigenvalue weighted by atomic mass is 9.70. The van der Waals surface area contributed by atoms with Gasteiger partial charge in [-0.3, -0.25) is 4.79 Å². The van der Waals surface area contributed by atoms with Gasteiger partial charge in [0, 0.05) is 5.92 Å². The predicted octanol–water partition coefficient (Wildman–Crippen LogP) is 1.71. The van der Waals surface area contributed by atoms with Crippen molar-refractivity contribution in [1.29, 1.82) is 0 Å². The molecule has 0 aliphatic heterocycles. The topological polar surface area (TPSA) is 37.3 Å². The van der Waals surface area contributed by atoms with E-state index >= 15 is 0 Å². The van der Waals surface area contributed by atoms with Crippen LogP contribution in [0, 0.1) is 11.8 Å².